The summed E-state index contributed by atoms with van der Waals surface area (Å²) in [6.07, 6.45) is -1.45. The SMILES string of the molecule is Cc1ccc(S(=O)(=O)N(C(=O)c2c3ccccc3[n+](C)c3ccccc23)c2ccc(C(C)C(=O)OC3CC(=O)NC3=O)cc2)cc1. The fourth-order valence-corrected chi connectivity index (χ4v) is 7.04. The van der Waals surface area contributed by atoms with Gasteiger partial charge in [0.05, 0.1) is 39.3 Å². The van der Waals surface area contributed by atoms with Crippen LogP contribution in [0.5, 0.6) is 0 Å². The summed E-state index contributed by atoms with van der Waals surface area (Å²) in [5.41, 5.74) is 3.10. The summed E-state index contributed by atoms with van der Waals surface area (Å²) in [6, 6.07) is 26.9. The Morgan fingerprint density at radius 2 is 1.43 bits per heavy atom. The highest BCUT2D eigenvalue weighted by Gasteiger charge is 2.37. The van der Waals surface area contributed by atoms with Crippen LogP contribution in [0.15, 0.2) is 102 Å². The van der Waals surface area contributed by atoms with Crippen molar-refractivity contribution in [3.8, 4) is 0 Å². The fourth-order valence-electron chi connectivity index (χ4n) is 5.64. The number of sulfonamides is 1. The van der Waals surface area contributed by atoms with Crippen molar-refractivity contribution in [1.82, 2.24) is 5.32 Å². The molecule has 0 spiro atoms. The predicted octanol–water partition coefficient (Wildman–Crippen LogP) is 4.22. The van der Waals surface area contributed by atoms with E-state index in [0.717, 1.165) is 20.9 Å². The van der Waals surface area contributed by atoms with Crippen molar-refractivity contribution in [2.45, 2.75) is 37.2 Å². The molecule has 11 heteroatoms. The Balaban J connectivity index is 1.45. The number of anilines is 1. The number of benzene rings is 4. The number of rotatable bonds is 7. The van der Waals surface area contributed by atoms with Crippen molar-refractivity contribution in [2.75, 3.05) is 4.31 Å². The Bertz CT molecular complexity index is 2100. The minimum Gasteiger partial charge on any atom is -0.451 e. The summed E-state index contributed by atoms with van der Waals surface area (Å²) >= 11 is 0. The predicted molar refractivity (Wildman–Crippen MR) is 170 cm³/mol. The number of hydrogen-bond acceptors (Lipinski definition) is 7. The highest BCUT2D eigenvalue weighted by atomic mass is 32.2. The van der Waals surface area contributed by atoms with Gasteiger partial charge in [-0.25, -0.2) is 8.42 Å². The Morgan fingerprint density at radius 1 is 0.870 bits per heavy atom. The third kappa shape index (κ3) is 5.39. The molecule has 1 aliphatic heterocycles. The van der Waals surface area contributed by atoms with Crippen LogP contribution < -0.4 is 14.2 Å². The van der Waals surface area contributed by atoms with Crippen molar-refractivity contribution in [2.24, 2.45) is 7.05 Å². The molecule has 1 aliphatic rings. The molecule has 2 unspecified atom stereocenters. The van der Waals surface area contributed by atoms with E-state index in [2.05, 4.69) is 5.32 Å². The van der Waals surface area contributed by atoms with E-state index in [0.29, 0.717) is 16.3 Å². The van der Waals surface area contributed by atoms with Gasteiger partial charge in [-0.2, -0.15) is 8.87 Å². The van der Waals surface area contributed by atoms with E-state index in [-0.39, 0.29) is 22.6 Å². The molecule has 46 heavy (non-hydrogen) atoms. The number of nitrogens with zero attached hydrogens (tertiary/aromatic N) is 2. The number of ether oxygens (including phenoxy) is 1. The fraction of sp³-hybridized carbons (Fsp3) is 0.171. The van der Waals surface area contributed by atoms with Gasteiger partial charge in [0.25, 0.3) is 21.8 Å². The van der Waals surface area contributed by atoms with Crippen LogP contribution in [0.3, 0.4) is 0 Å². The van der Waals surface area contributed by atoms with Gasteiger partial charge in [0.2, 0.25) is 16.9 Å². The molecule has 1 fully saturated rings. The summed E-state index contributed by atoms with van der Waals surface area (Å²) in [5, 5.41) is 3.27. The Morgan fingerprint density at radius 3 is 1.98 bits per heavy atom. The van der Waals surface area contributed by atoms with Crippen LogP contribution in [0, 0.1) is 6.92 Å². The van der Waals surface area contributed by atoms with E-state index in [9.17, 15) is 27.6 Å². The third-order valence-corrected chi connectivity index (χ3v) is 9.92. The molecule has 4 aromatic carbocycles. The van der Waals surface area contributed by atoms with Gasteiger partial charge in [0.1, 0.15) is 7.05 Å². The number of amides is 3. The summed E-state index contributed by atoms with van der Waals surface area (Å²) in [7, 11) is -2.54. The molecule has 0 radical (unpaired) electrons. The lowest BCUT2D eigenvalue weighted by Gasteiger charge is -2.24. The highest BCUT2D eigenvalue weighted by Crippen LogP contribution is 2.33. The first-order valence-electron chi connectivity index (χ1n) is 14.6. The van der Waals surface area contributed by atoms with Crippen LogP contribution in [0.4, 0.5) is 5.69 Å². The summed E-state index contributed by atoms with van der Waals surface area (Å²) in [5.74, 6) is -3.51. The van der Waals surface area contributed by atoms with Gasteiger partial charge in [0, 0.05) is 12.1 Å². The summed E-state index contributed by atoms with van der Waals surface area (Å²) in [6.45, 7) is 3.41. The van der Waals surface area contributed by atoms with E-state index in [1.165, 1.54) is 36.4 Å². The zero-order chi connectivity index (χ0) is 32.7. The molecule has 0 aliphatic carbocycles. The molecule has 3 amide bonds. The topological polar surface area (TPSA) is 131 Å². The van der Waals surface area contributed by atoms with E-state index in [1.807, 2.05) is 42.8 Å². The van der Waals surface area contributed by atoms with Crippen molar-refractivity contribution >= 4 is 61.2 Å². The second-order valence-electron chi connectivity index (χ2n) is 11.2. The maximum absolute atomic E-state index is 14.7. The van der Waals surface area contributed by atoms with Crippen LogP contribution in [0.2, 0.25) is 0 Å². The summed E-state index contributed by atoms with van der Waals surface area (Å²) < 4.78 is 36.7. The molecular formula is C35H30N3O7S+. The Hall–Kier alpha value is -5.42. The number of fused-ring (bicyclic) bond motifs is 2. The molecule has 1 N–H and O–H groups in total. The van der Waals surface area contributed by atoms with Crippen LogP contribution in [-0.2, 0) is 36.2 Å². The first kappa shape index (κ1) is 30.6. The minimum absolute atomic E-state index is 0.0630. The molecule has 6 rings (SSSR count). The number of pyridine rings is 1. The van der Waals surface area contributed by atoms with Gasteiger partial charge in [-0.05, 0) is 55.8 Å². The molecular weight excluding hydrogens is 606 g/mol. The number of carbonyl (C=O) groups is 4. The number of carbonyl (C=O) groups excluding carboxylic acids is 4. The van der Waals surface area contributed by atoms with Crippen molar-refractivity contribution in [3.05, 3.63) is 114 Å². The molecule has 10 nitrogen and oxygen atoms in total. The second kappa shape index (κ2) is 11.8. The third-order valence-electron chi connectivity index (χ3n) is 8.19. The standard InChI is InChI=1S/C35H29N3O7S/c1-21-12-18-25(19-13-21)46(43,44)38(24-16-14-23(15-17-24)22(2)35(42)45-30-20-31(39)36-33(30)40)34(41)32-26-8-4-6-10-28(26)37(3)29-11-7-5-9-27(29)32/h4-19,22,30H,20H2,1-3H3/p+1. The van der Waals surface area contributed by atoms with Crippen LogP contribution in [0.25, 0.3) is 21.8 Å². The average Bonchev–Trinajstić information content (AvgIpc) is 3.37. The molecule has 0 saturated carbocycles. The number of nitrogens with one attached hydrogen (secondary N) is 1. The van der Waals surface area contributed by atoms with E-state index in [4.69, 9.17) is 4.74 Å². The number of imide groups is 1. The number of para-hydroxylation sites is 2. The van der Waals surface area contributed by atoms with Gasteiger partial charge < -0.3 is 4.74 Å². The van der Waals surface area contributed by atoms with E-state index >= 15 is 0 Å². The minimum atomic E-state index is -4.43. The van der Waals surface area contributed by atoms with E-state index in [1.54, 1.807) is 43.3 Å². The molecule has 232 valence electrons. The van der Waals surface area contributed by atoms with Gasteiger partial charge in [-0.15, -0.1) is 0 Å². The van der Waals surface area contributed by atoms with Crippen LogP contribution in [0.1, 0.15) is 40.7 Å². The number of aromatic nitrogens is 1. The number of aryl methyl sites for hydroxylation is 2. The molecule has 2 atom stereocenters. The molecule has 2 heterocycles. The lowest BCUT2D eigenvalue weighted by molar-refractivity contribution is -0.617. The molecule has 1 saturated heterocycles. The maximum Gasteiger partial charge on any atom is 0.313 e. The van der Waals surface area contributed by atoms with Crippen molar-refractivity contribution in [3.63, 3.8) is 0 Å². The monoisotopic (exact) mass is 636 g/mol. The molecule has 5 aromatic rings. The first-order valence-corrected chi connectivity index (χ1v) is 16.0. The second-order valence-corrected chi connectivity index (χ2v) is 13.0. The Kier molecular flexibility index (Phi) is 7.87. The Labute approximate surface area is 265 Å². The molecule has 1 aromatic heterocycles. The maximum atomic E-state index is 14.7. The van der Waals surface area contributed by atoms with Gasteiger partial charge in [-0.1, -0.05) is 54.1 Å². The normalized spacial score (nSPS) is 15.5. The highest BCUT2D eigenvalue weighted by molar-refractivity contribution is 7.93. The molecule has 0 bridgehead atoms. The lowest BCUT2D eigenvalue weighted by Crippen LogP contribution is -2.39. The van der Waals surface area contributed by atoms with Crippen LogP contribution in [-0.4, -0.2) is 38.2 Å². The van der Waals surface area contributed by atoms with Gasteiger partial charge >= 0.3 is 5.97 Å². The lowest BCUT2D eigenvalue weighted by atomic mass is 10.00. The average molecular weight is 637 g/mol. The quantitative estimate of drug-likeness (QED) is 0.123. The first-order chi connectivity index (χ1) is 22.0. The number of hydrogen-bond donors (Lipinski definition) is 1. The largest absolute Gasteiger partial charge is 0.451 e. The summed E-state index contributed by atoms with van der Waals surface area (Å²) in [4.78, 5) is 50.9. The zero-order valence-corrected chi connectivity index (χ0v) is 26.1. The van der Waals surface area contributed by atoms with Crippen molar-refractivity contribution < 1.29 is 36.9 Å². The smallest absolute Gasteiger partial charge is 0.313 e. The van der Waals surface area contributed by atoms with E-state index < -0.39 is 45.7 Å². The van der Waals surface area contributed by atoms with Crippen LogP contribution >= 0.6 is 0 Å². The zero-order valence-electron chi connectivity index (χ0n) is 25.3. The van der Waals surface area contributed by atoms with Gasteiger partial charge in [0.15, 0.2) is 6.10 Å². The van der Waals surface area contributed by atoms with Crippen molar-refractivity contribution in [1.29, 1.82) is 0 Å². The number of esters is 1. The van der Waals surface area contributed by atoms with Gasteiger partial charge in [-0.3, -0.25) is 24.5 Å².